The van der Waals surface area contributed by atoms with Gasteiger partial charge in [0, 0.05) is 19.2 Å². The molecule has 1 spiro atoms. The molecular formula is C16H16F2N6O. The summed E-state index contributed by atoms with van der Waals surface area (Å²) in [4.78, 5) is 17.8. The summed E-state index contributed by atoms with van der Waals surface area (Å²) in [6, 6.07) is 1.87. The largest absolute Gasteiger partial charge is 0.380 e. The number of ether oxygens (including phenoxy) is 1. The predicted octanol–water partition coefficient (Wildman–Crippen LogP) is 2.00. The summed E-state index contributed by atoms with van der Waals surface area (Å²) < 4.78 is 29.9. The molecule has 7 nitrogen and oxygen atoms in total. The lowest BCUT2D eigenvalue weighted by molar-refractivity contribution is -0.127. The summed E-state index contributed by atoms with van der Waals surface area (Å²) in [6.07, 6.45) is 2.65. The van der Waals surface area contributed by atoms with Crippen molar-refractivity contribution in [3.63, 3.8) is 0 Å². The van der Waals surface area contributed by atoms with Crippen molar-refractivity contribution in [3.8, 4) is 11.4 Å². The van der Waals surface area contributed by atoms with E-state index in [1.165, 1.54) is 12.4 Å². The molecule has 0 unspecified atom stereocenters. The van der Waals surface area contributed by atoms with E-state index >= 15 is 0 Å². The Morgan fingerprint density at radius 1 is 1.32 bits per heavy atom. The van der Waals surface area contributed by atoms with E-state index in [9.17, 15) is 8.78 Å². The molecule has 0 radical (unpaired) electrons. The van der Waals surface area contributed by atoms with Crippen LogP contribution in [0.5, 0.6) is 0 Å². The number of nitrogens with zero attached hydrogens (tertiary/aromatic N) is 4. The average molecular weight is 346 g/mol. The molecule has 2 fully saturated rings. The van der Waals surface area contributed by atoms with E-state index in [-0.39, 0.29) is 0 Å². The summed E-state index contributed by atoms with van der Waals surface area (Å²) in [5.41, 5.74) is 0.877. The van der Waals surface area contributed by atoms with Gasteiger partial charge in [0.1, 0.15) is 18.0 Å². The highest BCUT2D eigenvalue weighted by Gasteiger charge is 2.49. The lowest BCUT2D eigenvalue weighted by Crippen LogP contribution is -2.66. The van der Waals surface area contributed by atoms with Crippen LogP contribution in [0, 0.1) is 10.8 Å². The minimum Gasteiger partial charge on any atom is -0.380 e. The fourth-order valence-electron chi connectivity index (χ4n) is 2.96. The summed E-state index contributed by atoms with van der Waals surface area (Å²) in [5, 5.41) is 7.11. The Bertz CT molecular complexity index is 822. The molecule has 2 aliphatic heterocycles. The van der Waals surface area contributed by atoms with Gasteiger partial charge in [-0.05, 0) is 12.2 Å². The molecule has 2 aromatic heterocycles. The summed E-state index contributed by atoms with van der Waals surface area (Å²) in [5.74, 6) is 1.23. The molecule has 0 saturated carbocycles. The first-order chi connectivity index (χ1) is 12.0. The fraction of sp³-hybridized carbons (Fsp3) is 0.375. The molecule has 0 aromatic carbocycles. The third kappa shape index (κ3) is 3.02. The number of hydrogen-bond acceptors (Lipinski definition) is 6. The maximum Gasteiger partial charge on any atom is 0.279 e. The molecule has 0 bridgehead atoms. The van der Waals surface area contributed by atoms with E-state index in [2.05, 4.69) is 24.8 Å². The molecule has 0 aliphatic carbocycles. The van der Waals surface area contributed by atoms with Gasteiger partial charge in [0.25, 0.3) is 6.43 Å². The van der Waals surface area contributed by atoms with E-state index in [0.29, 0.717) is 22.6 Å². The number of aromatic nitrogens is 4. The van der Waals surface area contributed by atoms with Gasteiger partial charge in [0.2, 0.25) is 0 Å². The smallest absolute Gasteiger partial charge is 0.279 e. The van der Waals surface area contributed by atoms with E-state index in [4.69, 9.17) is 10.1 Å². The number of H-pyrrole nitrogens is 1. The molecule has 130 valence electrons. The Balaban J connectivity index is 1.47. The second-order valence-electron chi connectivity index (χ2n) is 6.38. The van der Waals surface area contributed by atoms with Gasteiger partial charge in [-0.15, -0.1) is 0 Å². The van der Waals surface area contributed by atoms with Gasteiger partial charge in [0.15, 0.2) is 0 Å². The van der Waals surface area contributed by atoms with Crippen molar-refractivity contribution < 1.29 is 13.5 Å². The molecule has 9 heteroatoms. The van der Waals surface area contributed by atoms with Crippen molar-refractivity contribution in [3.05, 3.63) is 30.5 Å². The van der Waals surface area contributed by atoms with Gasteiger partial charge in [0.05, 0.1) is 41.9 Å². The van der Waals surface area contributed by atoms with Gasteiger partial charge in [-0.25, -0.2) is 23.7 Å². The third-order valence-electron chi connectivity index (χ3n) is 4.37. The normalized spacial score (nSPS) is 18.6. The van der Waals surface area contributed by atoms with Gasteiger partial charge in [-0.1, -0.05) is 0 Å². The SMILES string of the molecule is N=C(/C=C\c1ncc(-c2cc(N3CC4(COC4)C3)ncn2)[nH]1)C(F)F. The zero-order valence-electron chi connectivity index (χ0n) is 13.2. The maximum absolute atomic E-state index is 12.3. The topological polar surface area (TPSA) is 90.8 Å². The van der Waals surface area contributed by atoms with Crippen LogP contribution in [0.3, 0.4) is 0 Å². The second kappa shape index (κ2) is 5.99. The monoisotopic (exact) mass is 346 g/mol. The highest BCUT2D eigenvalue weighted by molar-refractivity contribution is 5.97. The Morgan fingerprint density at radius 3 is 2.80 bits per heavy atom. The van der Waals surface area contributed by atoms with E-state index in [0.717, 1.165) is 38.2 Å². The Morgan fingerprint density at radius 2 is 2.12 bits per heavy atom. The van der Waals surface area contributed by atoms with Crippen LogP contribution in [0.1, 0.15) is 5.82 Å². The van der Waals surface area contributed by atoms with Crippen LogP contribution in [-0.2, 0) is 4.74 Å². The lowest BCUT2D eigenvalue weighted by atomic mass is 9.78. The number of nitrogens with one attached hydrogen (secondary N) is 2. The van der Waals surface area contributed by atoms with E-state index in [1.807, 2.05) is 6.07 Å². The minimum absolute atomic E-state index is 0.298. The quantitative estimate of drug-likeness (QED) is 0.808. The second-order valence-corrected chi connectivity index (χ2v) is 6.38. The number of allylic oxidation sites excluding steroid dienone is 1. The van der Waals surface area contributed by atoms with Crippen molar-refractivity contribution in [2.45, 2.75) is 6.43 Å². The van der Waals surface area contributed by atoms with Crippen LogP contribution in [0.25, 0.3) is 17.5 Å². The van der Waals surface area contributed by atoms with Crippen molar-refractivity contribution in [1.29, 1.82) is 5.41 Å². The lowest BCUT2D eigenvalue weighted by Gasteiger charge is -2.55. The molecule has 2 saturated heterocycles. The van der Waals surface area contributed by atoms with Crippen LogP contribution in [-0.4, -0.2) is 58.4 Å². The molecule has 4 rings (SSSR count). The molecule has 2 aromatic rings. The van der Waals surface area contributed by atoms with Gasteiger partial charge >= 0.3 is 0 Å². The molecule has 2 aliphatic rings. The zero-order chi connectivity index (χ0) is 17.4. The van der Waals surface area contributed by atoms with E-state index in [1.54, 1.807) is 6.20 Å². The molecule has 2 N–H and O–H groups in total. The fourth-order valence-corrected chi connectivity index (χ4v) is 2.96. The summed E-state index contributed by atoms with van der Waals surface area (Å²) >= 11 is 0. The Labute approximate surface area is 142 Å². The predicted molar refractivity (Wildman–Crippen MR) is 87.8 cm³/mol. The molecule has 0 amide bonds. The van der Waals surface area contributed by atoms with Crippen LogP contribution in [0.4, 0.5) is 14.6 Å². The number of alkyl halides is 2. The standard InChI is InChI=1S/C16H16F2N6O/c17-15(18)10(19)1-2-13-20-4-12(23-13)11-3-14(22-9-21-11)24-5-16(6-24)7-25-8-16/h1-4,9,15,19H,5-8H2,(H,20,23)/b2-1-,19-10?. The first kappa shape index (κ1) is 15.8. The molecule has 0 atom stereocenters. The van der Waals surface area contributed by atoms with Crippen LogP contribution in [0.2, 0.25) is 0 Å². The maximum atomic E-state index is 12.3. The van der Waals surface area contributed by atoms with Crippen LogP contribution in [0.15, 0.2) is 24.7 Å². The van der Waals surface area contributed by atoms with Crippen LogP contribution >= 0.6 is 0 Å². The average Bonchev–Trinajstić information content (AvgIpc) is 2.99. The third-order valence-corrected chi connectivity index (χ3v) is 4.37. The molecule has 25 heavy (non-hydrogen) atoms. The van der Waals surface area contributed by atoms with Crippen LogP contribution < -0.4 is 4.90 Å². The summed E-state index contributed by atoms with van der Waals surface area (Å²) in [7, 11) is 0. The summed E-state index contributed by atoms with van der Waals surface area (Å²) in [6.45, 7) is 3.48. The zero-order valence-corrected chi connectivity index (χ0v) is 13.2. The van der Waals surface area contributed by atoms with Gasteiger partial charge < -0.3 is 14.6 Å². The van der Waals surface area contributed by atoms with E-state index < -0.39 is 12.1 Å². The first-order valence-corrected chi connectivity index (χ1v) is 7.79. The Kier molecular flexibility index (Phi) is 3.79. The number of hydrogen-bond donors (Lipinski definition) is 2. The number of halogens is 2. The van der Waals surface area contributed by atoms with Crippen molar-refractivity contribution in [1.82, 2.24) is 19.9 Å². The first-order valence-electron chi connectivity index (χ1n) is 7.79. The van der Waals surface area contributed by atoms with Crippen molar-refractivity contribution >= 4 is 17.6 Å². The van der Waals surface area contributed by atoms with Crippen molar-refractivity contribution in [2.24, 2.45) is 5.41 Å². The highest BCUT2D eigenvalue weighted by Crippen LogP contribution is 2.39. The minimum atomic E-state index is -2.80. The molecular weight excluding hydrogens is 330 g/mol. The number of rotatable bonds is 5. The van der Waals surface area contributed by atoms with Gasteiger partial charge in [-0.3, -0.25) is 5.41 Å². The number of anilines is 1. The molecule has 4 heterocycles. The van der Waals surface area contributed by atoms with Gasteiger partial charge in [-0.2, -0.15) is 0 Å². The van der Waals surface area contributed by atoms with Crippen molar-refractivity contribution in [2.75, 3.05) is 31.2 Å². The number of aromatic amines is 1. The number of imidazole rings is 1. The Hall–Kier alpha value is -2.68. The highest BCUT2D eigenvalue weighted by atomic mass is 19.3.